The zero-order valence-electron chi connectivity index (χ0n) is 6.36. The van der Waals surface area contributed by atoms with Crippen LogP contribution in [0.3, 0.4) is 0 Å². The predicted molar refractivity (Wildman–Crippen MR) is 54.0 cm³/mol. The summed E-state index contributed by atoms with van der Waals surface area (Å²) < 4.78 is 0. The van der Waals surface area contributed by atoms with Gasteiger partial charge in [0.05, 0.1) is 0 Å². The Morgan fingerprint density at radius 2 is 1.54 bits per heavy atom. The van der Waals surface area contributed by atoms with E-state index in [9.17, 15) is 5.11 Å². The van der Waals surface area contributed by atoms with Gasteiger partial charge < -0.3 is 10.2 Å². The first kappa shape index (κ1) is 9.39. The normalized spacial score (nSPS) is 9.54. The van der Waals surface area contributed by atoms with Crippen molar-refractivity contribution in [3.05, 3.63) is 36.4 Å². The fourth-order valence-corrected chi connectivity index (χ4v) is 1.24. The summed E-state index contributed by atoms with van der Waals surface area (Å²) in [5.41, 5.74) is 0. The van der Waals surface area contributed by atoms with E-state index in [2.05, 4.69) is 0 Å². The Morgan fingerprint density at radius 1 is 0.846 bits per heavy atom. The van der Waals surface area contributed by atoms with Crippen LogP contribution < -0.4 is 0 Å². The molecule has 0 unspecified atom stereocenters. The number of benzene rings is 2. The molecule has 0 bridgehead atoms. The van der Waals surface area contributed by atoms with E-state index in [1.165, 1.54) is 6.07 Å². The summed E-state index contributed by atoms with van der Waals surface area (Å²) in [6, 6.07) is 10.6. The Labute approximate surface area is 77.1 Å². The summed E-state index contributed by atoms with van der Waals surface area (Å²) in [6.07, 6.45) is 0. The minimum Gasteiger partial charge on any atom is -0.504 e. The third-order valence-corrected chi connectivity index (χ3v) is 1.88. The molecule has 0 radical (unpaired) electrons. The quantitative estimate of drug-likeness (QED) is 0.606. The summed E-state index contributed by atoms with van der Waals surface area (Å²) in [7, 11) is 0. The average molecular weight is 176 g/mol. The largest absolute Gasteiger partial charge is 0.504 e. The van der Waals surface area contributed by atoms with E-state index in [-0.39, 0.29) is 18.9 Å². The number of phenols is 2. The second-order valence-electron chi connectivity index (χ2n) is 2.65. The third kappa shape index (κ3) is 1.43. The molecule has 0 fully saturated rings. The van der Waals surface area contributed by atoms with Crippen LogP contribution in [-0.4, -0.2) is 10.2 Å². The number of hydrogen-bond acceptors (Lipinski definition) is 2. The molecule has 0 aromatic heterocycles. The van der Waals surface area contributed by atoms with Gasteiger partial charge in [0.25, 0.3) is 0 Å². The zero-order valence-corrected chi connectivity index (χ0v) is 6.36. The van der Waals surface area contributed by atoms with Crippen LogP contribution in [0.1, 0.15) is 7.43 Å². The molecule has 0 saturated heterocycles. The molecule has 2 heteroatoms. The molecular formula is C11H12O2. The van der Waals surface area contributed by atoms with Gasteiger partial charge in [0.15, 0.2) is 11.5 Å². The fraction of sp³-hybridized carbons (Fsp3) is 0.0909. The first-order valence-electron chi connectivity index (χ1n) is 3.69. The molecule has 68 valence electrons. The number of hydrogen-bond donors (Lipinski definition) is 2. The summed E-state index contributed by atoms with van der Waals surface area (Å²) in [5.74, 6) is -0.123. The predicted octanol–water partition coefficient (Wildman–Crippen LogP) is 2.89. The Kier molecular flexibility index (Phi) is 2.42. The second kappa shape index (κ2) is 3.35. The second-order valence-corrected chi connectivity index (χ2v) is 2.65. The molecule has 2 N–H and O–H groups in total. The number of phenolic OH excluding ortho intramolecular Hbond substituents is 2. The Bertz CT molecular complexity index is 421. The highest BCUT2D eigenvalue weighted by Gasteiger charge is 2.02. The molecular weight excluding hydrogens is 164 g/mol. The van der Waals surface area contributed by atoms with E-state index in [1.807, 2.05) is 18.2 Å². The van der Waals surface area contributed by atoms with Crippen molar-refractivity contribution in [1.82, 2.24) is 0 Å². The van der Waals surface area contributed by atoms with Gasteiger partial charge >= 0.3 is 0 Å². The van der Waals surface area contributed by atoms with Crippen molar-refractivity contribution < 1.29 is 10.2 Å². The zero-order chi connectivity index (χ0) is 8.55. The lowest BCUT2D eigenvalue weighted by molar-refractivity contribution is 0.408. The first-order valence-corrected chi connectivity index (χ1v) is 3.69. The van der Waals surface area contributed by atoms with Crippen LogP contribution in [0.15, 0.2) is 36.4 Å². The Hall–Kier alpha value is -1.70. The fourth-order valence-electron chi connectivity index (χ4n) is 1.24. The molecule has 2 aromatic carbocycles. The number of rotatable bonds is 0. The summed E-state index contributed by atoms with van der Waals surface area (Å²) in [4.78, 5) is 0. The molecule has 0 aliphatic rings. The summed E-state index contributed by atoms with van der Waals surface area (Å²) in [5, 5.41) is 20.2. The summed E-state index contributed by atoms with van der Waals surface area (Å²) >= 11 is 0. The van der Waals surface area contributed by atoms with Crippen LogP contribution in [0, 0.1) is 0 Å². The number of fused-ring (bicyclic) bond motifs is 1. The molecule has 2 rings (SSSR count). The highest BCUT2D eigenvalue weighted by molar-refractivity contribution is 5.90. The molecule has 0 atom stereocenters. The lowest BCUT2D eigenvalue weighted by atomic mass is 10.1. The van der Waals surface area contributed by atoms with Gasteiger partial charge in [-0.25, -0.2) is 0 Å². The minimum atomic E-state index is -0.0753. The first-order chi connectivity index (χ1) is 5.79. The maximum atomic E-state index is 9.41. The van der Waals surface area contributed by atoms with Gasteiger partial charge in [-0.3, -0.25) is 0 Å². The van der Waals surface area contributed by atoms with Crippen LogP contribution in [0.2, 0.25) is 0 Å². The van der Waals surface area contributed by atoms with Gasteiger partial charge in [0.2, 0.25) is 0 Å². The van der Waals surface area contributed by atoms with E-state index in [0.29, 0.717) is 5.39 Å². The van der Waals surface area contributed by atoms with Crippen LogP contribution >= 0.6 is 0 Å². The highest BCUT2D eigenvalue weighted by atomic mass is 16.3. The third-order valence-electron chi connectivity index (χ3n) is 1.88. The molecule has 0 heterocycles. The maximum absolute atomic E-state index is 9.41. The summed E-state index contributed by atoms with van der Waals surface area (Å²) in [6.45, 7) is 0. The topological polar surface area (TPSA) is 40.5 Å². The monoisotopic (exact) mass is 176 g/mol. The van der Waals surface area contributed by atoms with Crippen molar-refractivity contribution in [2.75, 3.05) is 0 Å². The van der Waals surface area contributed by atoms with E-state index in [1.54, 1.807) is 12.1 Å². The smallest absolute Gasteiger partial charge is 0.165 e. The Morgan fingerprint density at radius 3 is 2.31 bits per heavy atom. The van der Waals surface area contributed by atoms with Crippen molar-refractivity contribution in [3.63, 3.8) is 0 Å². The molecule has 0 aliphatic heterocycles. The van der Waals surface area contributed by atoms with Gasteiger partial charge in [-0.1, -0.05) is 37.8 Å². The van der Waals surface area contributed by atoms with Gasteiger partial charge in [0.1, 0.15) is 0 Å². The highest BCUT2D eigenvalue weighted by Crippen LogP contribution is 2.32. The van der Waals surface area contributed by atoms with Gasteiger partial charge in [-0.05, 0) is 11.5 Å². The molecule has 0 saturated carbocycles. The van der Waals surface area contributed by atoms with E-state index in [4.69, 9.17) is 5.11 Å². The molecule has 2 nitrogen and oxygen atoms in total. The molecule has 2 aromatic rings. The lowest BCUT2D eigenvalue weighted by Gasteiger charge is -2.01. The van der Waals surface area contributed by atoms with Gasteiger partial charge in [0, 0.05) is 5.39 Å². The van der Waals surface area contributed by atoms with Crippen molar-refractivity contribution in [2.24, 2.45) is 0 Å². The van der Waals surface area contributed by atoms with Crippen molar-refractivity contribution in [1.29, 1.82) is 0 Å². The van der Waals surface area contributed by atoms with Gasteiger partial charge in [-0.2, -0.15) is 0 Å². The molecule has 0 amide bonds. The van der Waals surface area contributed by atoms with E-state index >= 15 is 0 Å². The van der Waals surface area contributed by atoms with Crippen LogP contribution in [0.4, 0.5) is 0 Å². The minimum absolute atomic E-state index is 0. The molecule has 13 heavy (non-hydrogen) atoms. The maximum Gasteiger partial charge on any atom is 0.165 e. The van der Waals surface area contributed by atoms with E-state index in [0.717, 1.165) is 5.39 Å². The number of aromatic hydroxyl groups is 2. The lowest BCUT2D eigenvalue weighted by Crippen LogP contribution is -1.73. The van der Waals surface area contributed by atoms with Gasteiger partial charge in [-0.15, -0.1) is 0 Å². The molecule has 0 aliphatic carbocycles. The van der Waals surface area contributed by atoms with Crippen LogP contribution in [0.5, 0.6) is 11.5 Å². The van der Waals surface area contributed by atoms with Crippen molar-refractivity contribution in [3.8, 4) is 11.5 Å². The van der Waals surface area contributed by atoms with Crippen LogP contribution in [-0.2, 0) is 0 Å². The standard InChI is InChI=1S/C10H8O2.CH4/c11-9-6-5-7-3-1-2-4-8(7)10(9)12;/h1-6,11-12H;1H4. The average Bonchev–Trinajstić information content (AvgIpc) is 2.12. The van der Waals surface area contributed by atoms with Crippen molar-refractivity contribution in [2.45, 2.75) is 7.43 Å². The van der Waals surface area contributed by atoms with E-state index < -0.39 is 0 Å². The van der Waals surface area contributed by atoms with Crippen LogP contribution in [0.25, 0.3) is 10.8 Å². The SMILES string of the molecule is C.Oc1ccc2ccccc2c1O. The Balaban J connectivity index is 0.000000845. The molecule has 0 spiro atoms. The van der Waals surface area contributed by atoms with Crippen molar-refractivity contribution >= 4 is 10.8 Å².